The monoisotopic (exact) mass is 318 g/mol. The Morgan fingerprint density at radius 1 is 1.18 bits per heavy atom. The van der Waals surface area contributed by atoms with Gasteiger partial charge in [-0.1, -0.05) is 6.07 Å². The molecule has 0 unspecified atom stereocenters. The fraction of sp³-hybridized carbons (Fsp3) is 0.400. The summed E-state index contributed by atoms with van der Waals surface area (Å²) in [5.41, 5.74) is 1.06. The van der Waals surface area contributed by atoms with Gasteiger partial charge in [0.25, 0.3) is 0 Å². The van der Waals surface area contributed by atoms with Crippen LogP contribution in [0.25, 0.3) is 0 Å². The number of nitrogens with zero attached hydrogens (tertiary/aromatic N) is 2. The van der Waals surface area contributed by atoms with Crippen molar-refractivity contribution in [3.63, 3.8) is 0 Å². The van der Waals surface area contributed by atoms with E-state index in [1.807, 2.05) is 30.6 Å². The van der Waals surface area contributed by atoms with Gasteiger partial charge in [0.05, 0.1) is 17.0 Å². The zero-order valence-electron chi connectivity index (χ0n) is 12.5. The van der Waals surface area contributed by atoms with Crippen molar-refractivity contribution < 1.29 is 0 Å². The number of aromatic nitrogens is 3. The third-order valence-corrected chi connectivity index (χ3v) is 4.01. The van der Waals surface area contributed by atoms with Gasteiger partial charge in [-0.2, -0.15) is 0 Å². The average molecular weight is 318 g/mol. The molecule has 0 saturated carbocycles. The summed E-state index contributed by atoms with van der Waals surface area (Å²) in [6.45, 7) is 1.58. The maximum atomic E-state index is 7.78. The van der Waals surface area contributed by atoms with E-state index in [1.165, 1.54) is 0 Å². The third-order valence-electron chi connectivity index (χ3n) is 2.98. The second-order valence-corrected chi connectivity index (χ2v) is 5.88. The fourth-order valence-corrected chi connectivity index (χ4v) is 2.68. The summed E-state index contributed by atoms with van der Waals surface area (Å²) in [5, 5.41) is 15.0. The van der Waals surface area contributed by atoms with Gasteiger partial charge in [0.15, 0.2) is 5.96 Å². The lowest BCUT2D eigenvalue weighted by Crippen LogP contribution is -2.37. The predicted octanol–water partition coefficient (Wildman–Crippen LogP) is 2.03. The van der Waals surface area contributed by atoms with Gasteiger partial charge < -0.3 is 15.6 Å². The van der Waals surface area contributed by atoms with Crippen LogP contribution in [-0.4, -0.2) is 39.8 Å². The highest BCUT2D eigenvalue weighted by molar-refractivity contribution is 7.99. The lowest BCUT2D eigenvalue weighted by molar-refractivity contribution is 0.727. The highest BCUT2D eigenvalue weighted by Gasteiger charge is 1.98. The van der Waals surface area contributed by atoms with E-state index >= 15 is 0 Å². The number of pyridine rings is 1. The molecule has 4 N–H and O–H groups in total. The van der Waals surface area contributed by atoms with E-state index in [0.29, 0.717) is 5.96 Å². The van der Waals surface area contributed by atoms with Gasteiger partial charge in [-0.3, -0.25) is 5.41 Å². The van der Waals surface area contributed by atoms with E-state index in [2.05, 4.69) is 25.6 Å². The Morgan fingerprint density at radius 3 is 2.77 bits per heavy atom. The highest BCUT2D eigenvalue weighted by Crippen LogP contribution is 2.14. The van der Waals surface area contributed by atoms with E-state index in [4.69, 9.17) is 5.41 Å². The number of aromatic amines is 1. The van der Waals surface area contributed by atoms with E-state index in [9.17, 15) is 0 Å². The van der Waals surface area contributed by atoms with Crippen molar-refractivity contribution in [2.45, 2.75) is 24.3 Å². The second kappa shape index (κ2) is 9.83. The molecule has 0 amide bonds. The Hall–Kier alpha value is -2.02. The van der Waals surface area contributed by atoms with Crippen molar-refractivity contribution in [1.82, 2.24) is 25.6 Å². The predicted molar refractivity (Wildman–Crippen MR) is 90.2 cm³/mol. The third kappa shape index (κ3) is 6.62. The van der Waals surface area contributed by atoms with Crippen molar-refractivity contribution in [3.05, 3.63) is 42.6 Å². The Labute approximate surface area is 135 Å². The Balaban J connectivity index is 1.44. The molecule has 0 fully saturated rings. The SMILES string of the molecule is N=C(NCCCSc1ccccn1)NCCCc1c[nH]cn1. The molecule has 0 spiro atoms. The van der Waals surface area contributed by atoms with Crippen LogP contribution in [0.15, 0.2) is 41.9 Å². The summed E-state index contributed by atoms with van der Waals surface area (Å²) in [4.78, 5) is 11.4. The molecular formula is C15H22N6S. The van der Waals surface area contributed by atoms with Crippen LogP contribution in [-0.2, 0) is 6.42 Å². The number of imidazole rings is 1. The first-order chi connectivity index (χ1) is 10.8. The van der Waals surface area contributed by atoms with E-state index in [-0.39, 0.29) is 0 Å². The minimum absolute atomic E-state index is 0.393. The van der Waals surface area contributed by atoms with Gasteiger partial charge in [-0.25, -0.2) is 9.97 Å². The molecule has 0 aliphatic heterocycles. The van der Waals surface area contributed by atoms with Crippen LogP contribution in [0.4, 0.5) is 0 Å². The minimum atomic E-state index is 0.393. The summed E-state index contributed by atoms with van der Waals surface area (Å²) in [5.74, 6) is 1.39. The van der Waals surface area contributed by atoms with E-state index in [0.717, 1.165) is 48.8 Å². The molecule has 0 aliphatic rings. The zero-order chi connectivity index (χ0) is 15.5. The summed E-state index contributed by atoms with van der Waals surface area (Å²) in [6.07, 6.45) is 8.29. The summed E-state index contributed by atoms with van der Waals surface area (Å²) < 4.78 is 0. The molecule has 0 bridgehead atoms. The smallest absolute Gasteiger partial charge is 0.188 e. The maximum Gasteiger partial charge on any atom is 0.188 e. The molecule has 0 atom stereocenters. The molecule has 118 valence electrons. The van der Waals surface area contributed by atoms with Crippen molar-refractivity contribution in [2.24, 2.45) is 0 Å². The molecule has 0 aliphatic carbocycles. The van der Waals surface area contributed by atoms with Crippen LogP contribution in [0, 0.1) is 5.41 Å². The zero-order valence-corrected chi connectivity index (χ0v) is 13.3. The van der Waals surface area contributed by atoms with Crippen LogP contribution >= 0.6 is 11.8 Å². The molecule has 2 aromatic heterocycles. The number of rotatable bonds is 9. The number of guanidine groups is 1. The van der Waals surface area contributed by atoms with Gasteiger partial charge in [-0.05, 0) is 31.4 Å². The first-order valence-electron chi connectivity index (χ1n) is 7.42. The molecule has 2 aromatic rings. The highest BCUT2D eigenvalue weighted by atomic mass is 32.2. The van der Waals surface area contributed by atoms with Gasteiger partial charge in [0.2, 0.25) is 0 Å². The number of thioether (sulfide) groups is 1. The molecule has 0 saturated heterocycles. The number of H-pyrrole nitrogens is 1. The maximum absolute atomic E-state index is 7.78. The molecule has 0 radical (unpaired) electrons. The normalized spacial score (nSPS) is 10.4. The number of hydrogen-bond donors (Lipinski definition) is 4. The minimum Gasteiger partial charge on any atom is -0.357 e. The molecule has 7 heteroatoms. The Kier molecular flexibility index (Phi) is 7.31. The number of nitrogens with one attached hydrogen (secondary N) is 4. The standard InChI is InChI=1S/C15H22N6S/c16-15(19-8-3-5-13-11-17-12-21-13)20-9-4-10-22-14-6-1-2-7-18-14/h1-2,6-7,11-12H,3-5,8-10H2,(H,17,21)(H3,16,19,20). The Morgan fingerprint density at radius 2 is 2.05 bits per heavy atom. The molecule has 6 nitrogen and oxygen atoms in total. The summed E-state index contributed by atoms with van der Waals surface area (Å²) >= 11 is 1.74. The van der Waals surface area contributed by atoms with Crippen molar-refractivity contribution in [1.29, 1.82) is 5.41 Å². The molecular weight excluding hydrogens is 296 g/mol. The molecule has 2 rings (SSSR count). The first-order valence-corrected chi connectivity index (χ1v) is 8.41. The van der Waals surface area contributed by atoms with Gasteiger partial charge in [0, 0.05) is 31.2 Å². The average Bonchev–Trinajstić information content (AvgIpc) is 3.06. The van der Waals surface area contributed by atoms with Crippen LogP contribution in [0.2, 0.25) is 0 Å². The van der Waals surface area contributed by atoms with Gasteiger partial charge >= 0.3 is 0 Å². The van der Waals surface area contributed by atoms with Crippen LogP contribution in [0.5, 0.6) is 0 Å². The summed E-state index contributed by atoms with van der Waals surface area (Å²) in [6, 6.07) is 5.93. The van der Waals surface area contributed by atoms with Crippen molar-refractivity contribution in [3.8, 4) is 0 Å². The van der Waals surface area contributed by atoms with Crippen LogP contribution in [0.3, 0.4) is 0 Å². The van der Waals surface area contributed by atoms with Gasteiger partial charge in [0.1, 0.15) is 0 Å². The summed E-state index contributed by atoms with van der Waals surface area (Å²) in [7, 11) is 0. The first kappa shape index (κ1) is 16.4. The molecule has 2 heterocycles. The van der Waals surface area contributed by atoms with Gasteiger partial charge in [-0.15, -0.1) is 11.8 Å². The molecule has 22 heavy (non-hydrogen) atoms. The largest absolute Gasteiger partial charge is 0.357 e. The van der Waals surface area contributed by atoms with Crippen molar-refractivity contribution in [2.75, 3.05) is 18.8 Å². The fourth-order valence-electron chi connectivity index (χ4n) is 1.87. The van der Waals surface area contributed by atoms with Crippen molar-refractivity contribution >= 4 is 17.7 Å². The molecule has 0 aromatic carbocycles. The quantitative estimate of drug-likeness (QED) is 0.246. The lowest BCUT2D eigenvalue weighted by atomic mass is 10.2. The second-order valence-electron chi connectivity index (χ2n) is 4.76. The van der Waals surface area contributed by atoms with E-state index in [1.54, 1.807) is 18.1 Å². The van der Waals surface area contributed by atoms with E-state index < -0.39 is 0 Å². The lowest BCUT2D eigenvalue weighted by Gasteiger charge is -2.09. The van der Waals surface area contributed by atoms with Crippen LogP contribution in [0.1, 0.15) is 18.5 Å². The van der Waals surface area contributed by atoms with Crippen LogP contribution < -0.4 is 10.6 Å². The topological polar surface area (TPSA) is 89.5 Å². The number of aryl methyl sites for hydroxylation is 1. The Bertz CT molecular complexity index is 528. The number of hydrogen-bond acceptors (Lipinski definition) is 4.